The van der Waals surface area contributed by atoms with Gasteiger partial charge < -0.3 is 10.6 Å². The minimum absolute atomic E-state index is 0. The summed E-state index contributed by atoms with van der Waals surface area (Å²) in [6.45, 7) is 9.10. The maximum Gasteiger partial charge on any atom is 0.222 e. The van der Waals surface area contributed by atoms with Crippen LogP contribution in [-0.2, 0) is 9.59 Å². The number of amides is 2. The van der Waals surface area contributed by atoms with Crippen LogP contribution in [0.3, 0.4) is 0 Å². The molecule has 0 spiro atoms. The van der Waals surface area contributed by atoms with E-state index in [2.05, 4.69) is 10.6 Å². The molecule has 0 aliphatic rings. The standard InChI is InChI=1S/2C5H11NO.2CH4/c1-4(2)5(7)6-3;1-4(2)6-5(3)7;;/h2*4H,1-3H3,(H,6,7);2*1H4. The topological polar surface area (TPSA) is 58.2 Å². The lowest BCUT2D eigenvalue weighted by atomic mass is 10.2. The molecule has 0 atom stereocenters. The molecule has 100 valence electrons. The van der Waals surface area contributed by atoms with Crippen LogP contribution in [0, 0.1) is 5.92 Å². The van der Waals surface area contributed by atoms with Gasteiger partial charge in [-0.25, -0.2) is 0 Å². The van der Waals surface area contributed by atoms with E-state index in [0.717, 1.165) is 0 Å². The molecular formula is C12H30N2O2. The lowest BCUT2D eigenvalue weighted by molar-refractivity contribution is -0.123. The maximum atomic E-state index is 10.4. The molecule has 4 heteroatoms. The molecule has 0 unspecified atom stereocenters. The van der Waals surface area contributed by atoms with Crippen LogP contribution in [0.4, 0.5) is 0 Å². The van der Waals surface area contributed by atoms with Gasteiger partial charge in [-0.3, -0.25) is 9.59 Å². The summed E-state index contributed by atoms with van der Waals surface area (Å²) in [6.07, 6.45) is 0. The Morgan fingerprint density at radius 1 is 1.00 bits per heavy atom. The largest absolute Gasteiger partial charge is 0.359 e. The van der Waals surface area contributed by atoms with E-state index in [-0.39, 0.29) is 38.6 Å². The fraction of sp³-hybridized carbons (Fsp3) is 0.833. The number of carbonyl (C=O) groups is 2. The molecule has 0 aromatic heterocycles. The van der Waals surface area contributed by atoms with E-state index in [1.54, 1.807) is 7.05 Å². The van der Waals surface area contributed by atoms with Crippen molar-refractivity contribution in [3.63, 3.8) is 0 Å². The van der Waals surface area contributed by atoms with E-state index in [9.17, 15) is 9.59 Å². The third-order valence-corrected chi connectivity index (χ3v) is 1.26. The molecule has 2 N–H and O–H groups in total. The first kappa shape index (κ1) is 24.3. The average molecular weight is 234 g/mol. The van der Waals surface area contributed by atoms with E-state index in [1.165, 1.54) is 6.92 Å². The smallest absolute Gasteiger partial charge is 0.222 e. The highest BCUT2D eigenvalue weighted by molar-refractivity contribution is 5.77. The summed E-state index contributed by atoms with van der Waals surface area (Å²) in [4.78, 5) is 20.5. The molecule has 0 aliphatic heterocycles. The molecule has 16 heavy (non-hydrogen) atoms. The predicted octanol–water partition coefficient (Wildman–Crippen LogP) is 2.19. The van der Waals surface area contributed by atoms with E-state index in [0.29, 0.717) is 0 Å². The Hall–Kier alpha value is -1.06. The van der Waals surface area contributed by atoms with Crippen molar-refractivity contribution in [2.75, 3.05) is 7.05 Å². The molecule has 0 fully saturated rings. The van der Waals surface area contributed by atoms with E-state index in [1.807, 2.05) is 27.7 Å². The van der Waals surface area contributed by atoms with Crippen molar-refractivity contribution in [1.29, 1.82) is 0 Å². The number of nitrogens with one attached hydrogen (secondary N) is 2. The van der Waals surface area contributed by atoms with Crippen LogP contribution in [0.15, 0.2) is 0 Å². The Labute approximate surface area is 101 Å². The third-order valence-electron chi connectivity index (χ3n) is 1.26. The minimum atomic E-state index is 0. The van der Waals surface area contributed by atoms with Gasteiger partial charge >= 0.3 is 0 Å². The van der Waals surface area contributed by atoms with Crippen LogP contribution in [0.1, 0.15) is 49.5 Å². The molecule has 0 aliphatic carbocycles. The van der Waals surface area contributed by atoms with Crippen molar-refractivity contribution in [2.24, 2.45) is 5.92 Å². The number of carbonyl (C=O) groups excluding carboxylic acids is 2. The van der Waals surface area contributed by atoms with Gasteiger partial charge in [0.15, 0.2) is 0 Å². The number of hydrogen-bond donors (Lipinski definition) is 2. The van der Waals surface area contributed by atoms with Gasteiger partial charge in [0, 0.05) is 25.9 Å². The van der Waals surface area contributed by atoms with Crippen molar-refractivity contribution in [3.05, 3.63) is 0 Å². The monoisotopic (exact) mass is 234 g/mol. The van der Waals surface area contributed by atoms with Gasteiger partial charge in [0.1, 0.15) is 0 Å². The molecule has 4 nitrogen and oxygen atoms in total. The molecule has 0 rings (SSSR count). The van der Waals surface area contributed by atoms with Gasteiger partial charge in [0.2, 0.25) is 11.8 Å². The second-order valence-corrected chi connectivity index (χ2v) is 3.62. The zero-order chi connectivity index (χ0) is 11.7. The SMILES string of the molecule is C.C.CC(=O)NC(C)C.CNC(=O)C(C)C. The first-order chi connectivity index (χ1) is 6.31. The summed E-state index contributed by atoms with van der Waals surface area (Å²) in [6, 6.07) is 0.275. The summed E-state index contributed by atoms with van der Waals surface area (Å²) in [5.74, 6) is 0.250. The Balaban J connectivity index is -0.0000000800. The second kappa shape index (κ2) is 13.9. The van der Waals surface area contributed by atoms with Crippen LogP contribution in [-0.4, -0.2) is 24.9 Å². The lowest BCUT2D eigenvalue weighted by Gasteiger charge is -2.02. The highest BCUT2D eigenvalue weighted by Gasteiger charge is 2.00. The maximum absolute atomic E-state index is 10.4. The van der Waals surface area contributed by atoms with E-state index < -0.39 is 0 Å². The van der Waals surface area contributed by atoms with Gasteiger partial charge in [-0.15, -0.1) is 0 Å². The number of hydrogen-bond acceptors (Lipinski definition) is 2. The summed E-state index contributed by atoms with van der Waals surface area (Å²) in [5.41, 5.74) is 0. The van der Waals surface area contributed by atoms with Gasteiger partial charge in [-0.05, 0) is 13.8 Å². The molecule has 0 heterocycles. The van der Waals surface area contributed by atoms with E-state index in [4.69, 9.17) is 0 Å². The highest BCUT2D eigenvalue weighted by Crippen LogP contribution is 1.87. The third kappa shape index (κ3) is 23.1. The summed E-state index contributed by atoms with van der Waals surface area (Å²) >= 11 is 0. The number of rotatable bonds is 2. The zero-order valence-electron chi connectivity index (χ0n) is 9.97. The van der Waals surface area contributed by atoms with Crippen LogP contribution < -0.4 is 10.6 Å². The minimum Gasteiger partial charge on any atom is -0.359 e. The van der Waals surface area contributed by atoms with Gasteiger partial charge in [-0.2, -0.15) is 0 Å². The van der Waals surface area contributed by atoms with Gasteiger partial charge in [0.25, 0.3) is 0 Å². The van der Waals surface area contributed by atoms with Crippen molar-refractivity contribution < 1.29 is 9.59 Å². The van der Waals surface area contributed by atoms with Crippen molar-refractivity contribution in [3.8, 4) is 0 Å². The molecular weight excluding hydrogens is 204 g/mol. The Morgan fingerprint density at radius 2 is 1.38 bits per heavy atom. The van der Waals surface area contributed by atoms with Crippen LogP contribution in [0.2, 0.25) is 0 Å². The molecule has 2 amide bonds. The molecule has 0 radical (unpaired) electrons. The summed E-state index contributed by atoms with van der Waals surface area (Å²) in [7, 11) is 1.64. The van der Waals surface area contributed by atoms with Crippen molar-refractivity contribution >= 4 is 11.8 Å². The van der Waals surface area contributed by atoms with Gasteiger partial charge in [-0.1, -0.05) is 28.7 Å². The summed E-state index contributed by atoms with van der Waals surface area (Å²) in [5, 5.41) is 5.19. The van der Waals surface area contributed by atoms with Crippen molar-refractivity contribution in [1.82, 2.24) is 10.6 Å². The normalized spacial score (nSPS) is 8.00. The Morgan fingerprint density at radius 3 is 1.38 bits per heavy atom. The molecule has 0 aromatic rings. The fourth-order valence-electron chi connectivity index (χ4n) is 0.695. The second-order valence-electron chi connectivity index (χ2n) is 3.62. The Kier molecular flexibility index (Phi) is 21.1. The lowest BCUT2D eigenvalue weighted by Crippen LogP contribution is -2.27. The van der Waals surface area contributed by atoms with Crippen LogP contribution >= 0.6 is 0 Å². The van der Waals surface area contributed by atoms with Crippen LogP contribution in [0.25, 0.3) is 0 Å². The van der Waals surface area contributed by atoms with E-state index >= 15 is 0 Å². The van der Waals surface area contributed by atoms with Crippen molar-refractivity contribution in [2.45, 2.75) is 55.5 Å². The molecule has 0 saturated carbocycles. The first-order valence-corrected chi connectivity index (χ1v) is 4.79. The first-order valence-electron chi connectivity index (χ1n) is 4.79. The van der Waals surface area contributed by atoms with Gasteiger partial charge in [0.05, 0.1) is 0 Å². The van der Waals surface area contributed by atoms with Crippen LogP contribution in [0.5, 0.6) is 0 Å². The molecule has 0 aromatic carbocycles. The summed E-state index contributed by atoms with van der Waals surface area (Å²) < 4.78 is 0. The zero-order valence-corrected chi connectivity index (χ0v) is 9.97. The highest BCUT2D eigenvalue weighted by atomic mass is 16.2. The average Bonchev–Trinajstić information content (AvgIpc) is 2.01. The Bertz CT molecular complexity index is 178. The molecule has 0 bridgehead atoms. The quantitative estimate of drug-likeness (QED) is 0.769. The predicted molar refractivity (Wildman–Crippen MR) is 71.3 cm³/mol. The fourth-order valence-corrected chi connectivity index (χ4v) is 0.695. The molecule has 0 saturated heterocycles.